The second-order valence-corrected chi connectivity index (χ2v) is 19.3. The van der Waals surface area contributed by atoms with Crippen LogP contribution in [0.25, 0.3) is 44.6 Å². The van der Waals surface area contributed by atoms with Crippen LogP contribution in [0.4, 0.5) is 0 Å². The van der Waals surface area contributed by atoms with Gasteiger partial charge >= 0.3 is 5.97 Å². The zero-order valence-electron chi connectivity index (χ0n) is 37.6. The third-order valence-corrected chi connectivity index (χ3v) is 14.0. The van der Waals surface area contributed by atoms with Crippen molar-refractivity contribution in [3.05, 3.63) is 128 Å². The van der Waals surface area contributed by atoms with Gasteiger partial charge in [0.15, 0.2) is 0 Å². The molecule has 2 aliphatic carbocycles. The Kier molecular flexibility index (Phi) is 14.5. The molecule has 1 amide bonds. The van der Waals surface area contributed by atoms with Gasteiger partial charge in [0.05, 0.1) is 72.3 Å². The molecule has 0 atom stereocenters. The van der Waals surface area contributed by atoms with Crippen LogP contribution < -0.4 is 11.1 Å². The van der Waals surface area contributed by atoms with E-state index >= 15 is 0 Å². The highest BCUT2D eigenvalue weighted by Gasteiger charge is 2.50. The first kappa shape index (κ1) is 48.1. The summed E-state index contributed by atoms with van der Waals surface area (Å²) in [7, 11) is 3.74. The number of hydrogen-bond donors (Lipinski definition) is 3. The molecule has 8 aromatic rings. The van der Waals surface area contributed by atoms with Gasteiger partial charge in [0.2, 0.25) is 0 Å². The van der Waals surface area contributed by atoms with Gasteiger partial charge in [-0.1, -0.05) is 48.5 Å². The summed E-state index contributed by atoms with van der Waals surface area (Å²) >= 11 is 3.16. The van der Waals surface area contributed by atoms with Crippen molar-refractivity contribution in [1.82, 2.24) is 44.8 Å². The molecule has 0 bridgehead atoms. The van der Waals surface area contributed by atoms with Gasteiger partial charge in [0, 0.05) is 58.9 Å². The Balaban J connectivity index is 0.000000154. The Hall–Kier alpha value is -6.39. The van der Waals surface area contributed by atoms with Gasteiger partial charge in [-0.2, -0.15) is 10.2 Å². The van der Waals surface area contributed by atoms with Crippen LogP contribution in [-0.4, -0.2) is 95.0 Å². The number of thiazole rings is 2. The lowest BCUT2D eigenvalue weighted by atomic mass is 9.64. The first-order chi connectivity index (χ1) is 32.5. The second-order valence-electron chi connectivity index (χ2n) is 17.9. The van der Waals surface area contributed by atoms with Crippen LogP contribution in [0, 0.1) is 23.7 Å². The van der Waals surface area contributed by atoms with Crippen molar-refractivity contribution in [2.45, 2.75) is 50.6 Å². The zero-order valence-corrected chi connectivity index (χ0v) is 40.0. The van der Waals surface area contributed by atoms with Gasteiger partial charge in [-0.15, -0.1) is 47.9 Å². The summed E-state index contributed by atoms with van der Waals surface area (Å²) in [6.07, 6.45) is 17.0. The maximum atomic E-state index is 13.0. The molecule has 0 radical (unpaired) electrons. The number of nitrogens with two attached hydrogens (primary N) is 1. The maximum Gasteiger partial charge on any atom is 0.354 e. The molecule has 2 saturated carbocycles. The number of carboxylic acids is 1. The predicted octanol–water partition coefficient (Wildman–Crippen LogP) is 7.77. The molecule has 4 fully saturated rings. The number of halogens is 1. The molecule has 4 N–H and O–H groups in total. The number of hydrogen-bond acceptors (Lipinski definition) is 13. The largest absolute Gasteiger partial charge is 0.477 e. The molecule has 18 heteroatoms. The first-order valence-electron chi connectivity index (χ1n) is 21.9. The van der Waals surface area contributed by atoms with Gasteiger partial charge in [-0.3, -0.25) is 14.2 Å². The predicted molar refractivity (Wildman–Crippen MR) is 266 cm³/mol. The number of carbonyl (C=O) groups is 2. The number of benzene rings is 2. The van der Waals surface area contributed by atoms with Crippen molar-refractivity contribution in [2.75, 3.05) is 26.4 Å². The molecule has 2 saturated heterocycles. The number of fused-ring (bicyclic) bond motifs is 2. The minimum absolute atomic E-state index is 0. The summed E-state index contributed by atoms with van der Waals surface area (Å²) in [5.41, 5.74) is 22.1. The Morgan fingerprint density at radius 2 is 1.18 bits per heavy atom. The smallest absolute Gasteiger partial charge is 0.354 e. The van der Waals surface area contributed by atoms with Crippen LogP contribution in [-0.2, 0) is 36.4 Å². The molecule has 2 aromatic carbocycles. The van der Waals surface area contributed by atoms with Gasteiger partial charge in [-0.25, -0.2) is 24.7 Å². The Morgan fingerprint density at radius 3 is 1.56 bits per heavy atom. The fourth-order valence-electron chi connectivity index (χ4n) is 9.44. The van der Waals surface area contributed by atoms with Crippen molar-refractivity contribution < 1.29 is 24.2 Å². The van der Waals surface area contributed by atoms with E-state index in [0.717, 1.165) is 101 Å². The highest BCUT2D eigenvalue weighted by atomic mass is 35.5. The molecule has 68 heavy (non-hydrogen) atoms. The van der Waals surface area contributed by atoms with Gasteiger partial charge in [0.25, 0.3) is 5.91 Å². The number of terminal acetylenes is 1. The summed E-state index contributed by atoms with van der Waals surface area (Å²) in [6.45, 7) is 3.59. The van der Waals surface area contributed by atoms with E-state index < -0.39 is 5.97 Å². The Bertz CT molecular complexity index is 3020. The van der Waals surface area contributed by atoms with Crippen molar-refractivity contribution in [1.29, 1.82) is 0 Å². The van der Waals surface area contributed by atoms with Crippen LogP contribution in [0.5, 0.6) is 0 Å². The van der Waals surface area contributed by atoms with E-state index in [4.69, 9.17) is 15.2 Å². The molecule has 0 unspecified atom stereocenters. The quantitative estimate of drug-likeness (QED) is 0.119. The van der Waals surface area contributed by atoms with Gasteiger partial charge < -0.3 is 25.6 Å². The molecule has 12 rings (SSSR count). The number of carbonyl (C=O) groups excluding carboxylic acids is 1. The number of carboxylic acid groups (broad SMARTS) is 1. The molecule has 4 aliphatic rings. The minimum atomic E-state index is -1.04. The number of rotatable bonds is 9. The summed E-state index contributed by atoms with van der Waals surface area (Å²) in [5.74, 6) is -1.15. The lowest BCUT2D eigenvalue weighted by Gasteiger charge is -2.53. The van der Waals surface area contributed by atoms with Crippen molar-refractivity contribution in [3.63, 3.8) is 0 Å². The van der Waals surface area contributed by atoms with Crippen LogP contribution in [0.3, 0.4) is 0 Å². The van der Waals surface area contributed by atoms with E-state index in [0.29, 0.717) is 40.9 Å². The highest BCUT2D eigenvalue weighted by molar-refractivity contribution is 7.08. The fraction of sp³-hybridized carbons (Fsp3) is 0.320. The molecule has 6 aromatic heterocycles. The summed E-state index contributed by atoms with van der Waals surface area (Å²) in [6, 6.07) is 20.8. The Labute approximate surface area is 407 Å². The average molecular weight is 972 g/mol. The fourth-order valence-corrected chi connectivity index (χ4v) is 10.6. The van der Waals surface area contributed by atoms with E-state index in [-0.39, 0.29) is 30.0 Å². The van der Waals surface area contributed by atoms with E-state index in [1.165, 1.54) is 12.8 Å². The molecule has 2 spiro atoms. The molecule has 8 heterocycles. The number of nitrogens with zero attached hydrogens (tertiary/aromatic N) is 8. The molecule has 2 aliphatic heterocycles. The number of amides is 1. The van der Waals surface area contributed by atoms with Crippen LogP contribution in [0.2, 0.25) is 0 Å². The highest BCUT2D eigenvalue weighted by Crippen LogP contribution is 2.47. The molecular weight excluding hydrogens is 920 g/mol. The average Bonchev–Trinajstić information content (AvgIpc) is 4.14. The van der Waals surface area contributed by atoms with Gasteiger partial charge in [0.1, 0.15) is 22.4 Å². The third kappa shape index (κ3) is 10.2. The molecular formula is C50H51ClN10O5S2. The van der Waals surface area contributed by atoms with Crippen molar-refractivity contribution >= 4 is 69.0 Å². The maximum absolute atomic E-state index is 13.0. The van der Waals surface area contributed by atoms with Crippen LogP contribution >= 0.6 is 35.1 Å². The minimum Gasteiger partial charge on any atom is -0.477 e. The zero-order chi connectivity index (χ0) is 46.7. The third-order valence-electron chi connectivity index (χ3n) is 12.9. The van der Waals surface area contributed by atoms with Crippen LogP contribution in [0.1, 0.15) is 68.9 Å². The van der Waals surface area contributed by atoms with E-state index in [2.05, 4.69) is 72.6 Å². The van der Waals surface area contributed by atoms with Crippen molar-refractivity contribution in [2.24, 2.45) is 30.7 Å². The lowest BCUT2D eigenvalue weighted by molar-refractivity contribution is -0.165. The number of aryl methyl sites for hydroxylation is 2. The lowest BCUT2D eigenvalue weighted by Crippen LogP contribution is -2.59. The van der Waals surface area contributed by atoms with Gasteiger partial charge in [-0.05, 0) is 72.9 Å². The van der Waals surface area contributed by atoms with Crippen LogP contribution in [0.15, 0.2) is 94.8 Å². The van der Waals surface area contributed by atoms with Crippen molar-refractivity contribution in [3.8, 4) is 35.4 Å². The normalized spacial score (nSPS) is 17.0. The number of nitrogens with one attached hydrogen (secondary N) is 1. The topological polar surface area (TPSA) is 198 Å². The van der Waals surface area contributed by atoms with E-state index in [9.17, 15) is 14.7 Å². The van der Waals surface area contributed by atoms with E-state index in [1.54, 1.807) is 45.8 Å². The molecule has 15 nitrogen and oxygen atoms in total. The number of aromatic carboxylic acids is 1. The standard InChI is InChI=1S/C24H23N5O2S.C18H14N4O2S.C6H11NO.C2H2.ClH/c1-29-22-17(6-15-2-4-16(5-3-15)21-11-32-14-25-21)7-19(28-20(22)10-26-29)23(30)27-18-8-24(9-18)12-31-13-24;1-22-17-13(7-14(18(23)24)21-15(17)8-20-22)6-11-2-4-12(5-3-11)16-9-25-10-19-16;7-5-1-6(2-5)3-8-4-6;1-2;/h2-5,7,10-11,14,18H,6,8-9,12-13H2,1H3,(H,27,30);2-5,7-10H,6H2,1H3,(H,23,24);5H,1-4,7H2;1-2H;1H. The van der Waals surface area contributed by atoms with E-state index in [1.807, 2.05) is 70.9 Å². The number of aromatic nitrogens is 8. The SMILES string of the molecule is C#C.Cl.Cn1ncc2nc(C(=O)NC3CC4(COC4)C3)cc(Cc3ccc(-c4cscn4)cc3)c21.Cn1ncc2nc(C(=O)O)cc(Cc3ccc(-c4cscn4)cc3)c21.NC1CC2(COC2)C1. The number of pyridine rings is 2. The number of ether oxygens (including phenoxy) is 2. The Morgan fingerprint density at radius 1 is 0.735 bits per heavy atom. The second kappa shape index (κ2) is 20.5. The summed E-state index contributed by atoms with van der Waals surface area (Å²) in [4.78, 5) is 41.7. The first-order valence-corrected chi connectivity index (χ1v) is 23.8. The summed E-state index contributed by atoms with van der Waals surface area (Å²) < 4.78 is 14.0. The molecule has 350 valence electrons. The summed E-state index contributed by atoms with van der Waals surface area (Å²) in [5, 5.41) is 25.1. The monoisotopic (exact) mass is 970 g/mol.